The van der Waals surface area contributed by atoms with Gasteiger partial charge in [0.05, 0.1) is 33.4 Å². The summed E-state index contributed by atoms with van der Waals surface area (Å²) in [4.78, 5) is 154. The SMILES string of the molecule is CC(C)(C)COc1cccc2c1CN(C1CCC(=O)NC1=O)C2=O.CC(C)(C)OC(=O)CBr.COc1cccc2c1CN(C1CCC(=O)NC1=O)C2=O.O=C1CCC(N2Cc3c(O)cccc3C2=O)C(=O)N1.O=C=O.O=C=O. The predicted molar refractivity (Wildman–Crippen MR) is 270 cm³/mol. The molecule has 4 N–H and O–H groups in total. The smallest absolute Gasteiger partial charge is 0.373 e. The third-order valence-electron chi connectivity index (χ3n) is 12.0. The molecule has 0 spiro atoms. The van der Waals surface area contributed by atoms with Crippen LogP contribution in [0.4, 0.5) is 0 Å². The number of amides is 9. The minimum absolute atomic E-state index is 0.00857. The van der Waals surface area contributed by atoms with E-state index < -0.39 is 35.8 Å². The first-order chi connectivity index (χ1) is 36.7. The molecule has 6 aliphatic rings. The van der Waals surface area contributed by atoms with Crippen molar-refractivity contribution in [2.45, 2.75) is 123 Å². The molecule has 0 bridgehead atoms. The van der Waals surface area contributed by atoms with E-state index in [0.717, 1.165) is 11.1 Å². The minimum Gasteiger partial charge on any atom is -0.508 e. The molecule has 0 aromatic heterocycles. The Kier molecular flexibility index (Phi) is 22.0. The highest BCUT2D eigenvalue weighted by molar-refractivity contribution is 9.09. The highest BCUT2D eigenvalue weighted by Crippen LogP contribution is 2.36. The zero-order chi connectivity index (χ0) is 58.2. The number of imide groups is 3. The van der Waals surface area contributed by atoms with Crippen molar-refractivity contribution in [3.8, 4) is 17.2 Å². The largest absolute Gasteiger partial charge is 0.508 e. The van der Waals surface area contributed by atoms with E-state index in [0.29, 0.717) is 72.7 Å². The number of rotatable bonds is 7. The van der Waals surface area contributed by atoms with Crippen LogP contribution in [0.5, 0.6) is 17.2 Å². The van der Waals surface area contributed by atoms with Crippen molar-refractivity contribution in [2.24, 2.45) is 5.41 Å². The van der Waals surface area contributed by atoms with Crippen LogP contribution < -0.4 is 25.4 Å². The van der Waals surface area contributed by atoms with Gasteiger partial charge in [0.25, 0.3) is 17.7 Å². The maximum atomic E-state index is 12.7. The number of nitrogens with one attached hydrogen (secondary N) is 3. The molecule has 25 heteroatoms. The van der Waals surface area contributed by atoms with Gasteiger partial charge in [-0.25, -0.2) is 0 Å². The number of esters is 1. The summed E-state index contributed by atoms with van der Waals surface area (Å²) in [6.45, 7) is 13.2. The average Bonchev–Trinajstić information content (AvgIpc) is 4.02. The van der Waals surface area contributed by atoms with E-state index in [4.69, 9.17) is 33.4 Å². The van der Waals surface area contributed by atoms with Crippen molar-refractivity contribution >= 4 is 87.4 Å². The van der Waals surface area contributed by atoms with Crippen LogP contribution >= 0.6 is 15.9 Å². The number of fused-ring (bicyclic) bond motifs is 3. The Morgan fingerprint density at radius 1 is 0.590 bits per heavy atom. The molecule has 9 rings (SSSR count). The van der Waals surface area contributed by atoms with E-state index in [-0.39, 0.29) is 102 Å². The molecular weight excluding hydrogens is 1090 g/mol. The molecule has 3 atom stereocenters. The molecule has 3 fully saturated rings. The highest BCUT2D eigenvalue weighted by atomic mass is 79.9. The number of aromatic hydroxyl groups is 1. The number of carbonyl (C=O) groups excluding carboxylic acids is 14. The normalized spacial score (nSPS) is 18.9. The summed E-state index contributed by atoms with van der Waals surface area (Å²) in [6.07, 6.45) is 2.29. The monoisotopic (exact) mass is 1150 g/mol. The second kappa shape index (κ2) is 27.6. The summed E-state index contributed by atoms with van der Waals surface area (Å²) in [5.41, 5.74) is 3.36. The first-order valence-corrected chi connectivity index (χ1v) is 25.3. The molecule has 3 aromatic carbocycles. The second-order valence-corrected chi connectivity index (χ2v) is 20.6. The second-order valence-electron chi connectivity index (χ2n) is 20.0. The van der Waals surface area contributed by atoms with Crippen molar-refractivity contribution in [2.75, 3.05) is 19.0 Å². The van der Waals surface area contributed by atoms with Crippen LogP contribution in [0, 0.1) is 5.41 Å². The molecule has 3 unspecified atom stereocenters. The van der Waals surface area contributed by atoms with Crippen LogP contribution in [-0.2, 0) is 77.1 Å². The van der Waals surface area contributed by atoms with Crippen LogP contribution in [0.1, 0.15) is 128 Å². The summed E-state index contributed by atoms with van der Waals surface area (Å²) in [7, 11) is 1.55. The van der Waals surface area contributed by atoms with Crippen molar-refractivity contribution < 1.29 is 86.4 Å². The molecule has 6 heterocycles. The zero-order valence-electron chi connectivity index (χ0n) is 43.8. The topological polar surface area (TPSA) is 333 Å². The predicted octanol–water partition coefficient (Wildman–Crippen LogP) is 3.04. The molecule has 9 amide bonds. The molecule has 0 aliphatic carbocycles. The van der Waals surface area contributed by atoms with E-state index in [1.54, 1.807) is 49.6 Å². The molecule has 78 heavy (non-hydrogen) atoms. The number of halogens is 1. The molecule has 0 saturated carbocycles. The number of hydrogen-bond acceptors (Lipinski definition) is 18. The molecule has 0 radical (unpaired) electrons. The number of phenols is 1. The van der Waals surface area contributed by atoms with E-state index in [9.17, 15) is 53.1 Å². The standard InChI is InChI=1S/C18H22N2O4.C14H14N2O4.C13H12N2O4.C6H11BrO2.2CO2/c1-18(2,3)10-24-14-6-4-5-11-12(14)9-20(17(11)23)13-7-8-15(21)19-16(13)22;1-20-11-4-2-3-8-9(11)7-16(14(8)19)10-5-6-12(17)15-13(10)18;16-10-3-1-2-7-8(10)6-15(13(7)19)9-4-5-11(17)14-12(9)18;1-6(2,3)9-5(8)4-7;2*2-1-3/h4-6,13H,7-10H2,1-3H3,(H,19,21,22);2-4,10H,5-7H2,1H3,(H,15,17,18);1-3,9,16H,4-6H2,(H,14,17,18);4H2,1-3H3;;. The van der Waals surface area contributed by atoms with Gasteiger partial charge >= 0.3 is 18.3 Å². The number of benzene rings is 3. The lowest BCUT2D eigenvalue weighted by Crippen LogP contribution is -2.52. The van der Waals surface area contributed by atoms with Crippen LogP contribution in [0.3, 0.4) is 0 Å². The lowest BCUT2D eigenvalue weighted by molar-refractivity contribution is -0.193. The van der Waals surface area contributed by atoms with E-state index in [2.05, 4.69) is 52.7 Å². The fraction of sp³-hybridized carbons (Fsp3) is 0.434. The lowest BCUT2D eigenvalue weighted by Gasteiger charge is -2.29. The maximum absolute atomic E-state index is 12.7. The molecule has 3 aromatic rings. The Balaban J connectivity index is 0.000000225. The number of alkyl halides is 1. The van der Waals surface area contributed by atoms with Crippen LogP contribution in [0.25, 0.3) is 0 Å². The third kappa shape index (κ3) is 16.3. The number of methoxy groups -OCH3 is 1. The Morgan fingerprint density at radius 3 is 1.26 bits per heavy atom. The Hall–Kier alpha value is -8.40. The number of hydrogen-bond donors (Lipinski definition) is 4. The number of carbonyl (C=O) groups is 10. The summed E-state index contributed by atoms with van der Waals surface area (Å²) in [6, 6.07) is 13.6. The van der Waals surface area contributed by atoms with Crippen molar-refractivity contribution in [1.82, 2.24) is 30.7 Å². The van der Waals surface area contributed by atoms with Gasteiger partial charge in [-0.05, 0) is 81.8 Å². The van der Waals surface area contributed by atoms with Gasteiger partial charge in [0.2, 0.25) is 35.4 Å². The number of piperidine rings is 3. The van der Waals surface area contributed by atoms with Crippen LogP contribution in [-0.4, -0.2) is 134 Å². The average molecular weight is 1150 g/mol. The van der Waals surface area contributed by atoms with E-state index in [1.165, 1.54) is 20.8 Å². The van der Waals surface area contributed by atoms with Gasteiger partial charge < -0.3 is 34.0 Å². The molecule has 24 nitrogen and oxygen atoms in total. The Bertz CT molecular complexity index is 2890. The summed E-state index contributed by atoms with van der Waals surface area (Å²) >= 11 is 2.99. The maximum Gasteiger partial charge on any atom is 0.373 e. The highest BCUT2D eigenvalue weighted by Gasteiger charge is 2.43. The zero-order valence-corrected chi connectivity index (χ0v) is 45.4. The van der Waals surface area contributed by atoms with Crippen molar-refractivity contribution in [3.05, 3.63) is 88.0 Å². The fourth-order valence-electron chi connectivity index (χ4n) is 8.67. The van der Waals surface area contributed by atoms with Gasteiger partial charge in [0.15, 0.2) is 0 Å². The molecule has 6 aliphatic heterocycles. The third-order valence-corrected chi connectivity index (χ3v) is 12.5. The molecule has 3 saturated heterocycles. The summed E-state index contributed by atoms with van der Waals surface area (Å²) < 4.78 is 16.1. The van der Waals surface area contributed by atoms with E-state index >= 15 is 0 Å². The molecular formula is C53H59BrN6O18. The van der Waals surface area contributed by atoms with Gasteiger partial charge in [-0.2, -0.15) is 19.2 Å². The number of phenolic OH excluding ortho intramolecular Hbond substituents is 1. The van der Waals surface area contributed by atoms with Gasteiger partial charge in [-0.1, -0.05) is 54.9 Å². The van der Waals surface area contributed by atoms with E-state index in [1.807, 2.05) is 26.8 Å². The quantitative estimate of drug-likeness (QED) is 0.150. The summed E-state index contributed by atoms with van der Waals surface area (Å²) in [5.74, 6) is -1.60. The fourth-order valence-corrected chi connectivity index (χ4v) is 8.79. The lowest BCUT2D eigenvalue weighted by atomic mass is 9.98. The minimum atomic E-state index is -0.642. The number of ether oxygens (including phenoxy) is 3. The molecule has 416 valence electrons. The van der Waals surface area contributed by atoms with Gasteiger partial charge in [0.1, 0.15) is 46.3 Å². The number of nitrogens with zero attached hydrogens (tertiary/aromatic N) is 3. The Labute approximate surface area is 456 Å². The van der Waals surface area contributed by atoms with Gasteiger partial charge in [0, 0.05) is 52.6 Å². The van der Waals surface area contributed by atoms with Crippen molar-refractivity contribution in [3.63, 3.8) is 0 Å². The van der Waals surface area contributed by atoms with Gasteiger partial charge in [-0.3, -0.25) is 63.9 Å². The van der Waals surface area contributed by atoms with Crippen molar-refractivity contribution in [1.29, 1.82) is 0 Å². The van der Waals surface area contributed by atoms with Gasteiger partial charge in [-0.15, -0.1) is 0 Å². The summed E-state index contributed by atoms with van der Waals surface area (Å²) in [5, 5.41) is 16.8. The first kappa shape index (κ1) is 62.1. The van der Waals surface area contributed by atoms with Crippen LogP contribution in [0.15, 0.2) is 54.6 Å². The van der Waals surface area contributed by atoms with Crippen LogP contribution in [0.2, 0.25) is 0 Å². The Morgan fingerprint density at radius 2 is 0.936 bits per heavy atom. The first-order valence-electron chi connectivity index (χ1n) is 24.2.